The zero-order valence-electron chi connectivity index (χ0n) is 16.6. The quantitative estimate of drug-likeness (QED) is 0.358. The van der Waals surface area contributed by atoms with E-state index in [1.54, 1.807) is 12.2 Å². The van der Waals surface area contributed by atoms with Crippen molar-refractivity contribution in [1.29, 1.82) is 0 Å². The van der Waals surface area contributed by atoms with E-state index in [9.17, 15) is 20.1 Å². The molecule has 0 saturated carbocycles. The van der Waals surface area contributed by atoms with Crippen molar-refractivity contribution in [2.75, 3.05) is 0 Å². The van der Waals surface area contributed by atoms with Crippen LogP contribution in [0, 0.1) is 0 Å². The summed E-state index contributed by atoms with van der Waals surface area (Å²) in [6, 6.07) is 0. The van der Waals surface area contributed by atoms with Crippen LogP contribution in [0.4, 0.5) is 0 Å². The summed E-state index contributed by atoms with van der Waals surface area (Å²) in [5, 5.41) is 38.3. The van der Waals surface area contributed by atoms with Crippen molar-refractivity contribution in [2.45, 2.75) is 82.4 Å². The molecule has 1 aliphatic heterocycles. The number of rotatable bonds is 13. The van der Waals surface area contributed by atoms with Gasteiger partial charge in [-0.25, -0.2) is 0 Å². The molecule has 4 N–H and O–H groups in total. The fraction of sp³-hybridized carbons (Fsp3) is 0.591. The van der Waals surface area contributed by atoms with Gasteiger partial charge in [0.05, 0.1) is 24.4 Å². The van der Waals surface area contributed by atoms with Gasteiger partial charge in [-0.15, -0.1) is 0 Å². The Balaban J connectivity index is 2.18. The van der Waals surface area contributed by atoms with Crippen molar-refractivity contribution in [3.63, 3.8) is 0 Å². The molecular weight excluding hydrogens is 360 g/mol. The number of carboxylic acids is 1. The molecule has 1 heterocycles. The fourth-order valence-electron chi connectivity index (χ4n) is 2.82. The Hall–Kier alpha value is -1.73. The maximum Gasteiger partial charge on any atom is 0.303 e. The first-order chi connectivity index (χ1) is 13.4. The third-order valence-electron chi connectivity index (χ3n) is 4.50. The Kier molecular flexibility index (Phi) is 12.4. The SMILES string of the molecule is CC[C@@H](O)[C@H]1C[C@H](O)[C@H](/C=C/[C@H](O)C/C=C\C/C=C\C/C=C\CCC(=O)O)O1. The second-order valence-corrected chi connectivity index (χ2v) is 6.92. The lowest BCUT2D eigenvalue weighted by Crippen LogP contribution is -2.25. The maximum absolute atomic E-state index is 10.3. The van der Waals surface area contributed by atoms with Crippen LogP contribution < -0.4 is 0 Å². The minimum atomic E-state index is -0.784. The zero-order chi connectivity index (χ0) is 20.8. The normalized spacial score (nSPS) is 25.5. The van der Waals surface area contributed by atoms with Crippen LogP contribution in [0.5, 0.6) is 0 Å². The molecule has 1 rings (SSSR count). The first-order valence-corrected chi connectivity index (χ1v) is 9.98. The molecule has 0 bridgehead atoms. The molecule has 0 aromatic carbocycles. The summed E-state index contributed by atoms with van der Waals surface area (Å²) >= 11 is 0. The van der Waals surface area contributed by atoms with E-state index in [4.69, 9.17) is 9.84 Å². The predicted octanol–water partition coefficient (Wildman–Crippen LogP) is 2.90. The standard InChI is InChI=1S/C22H34O6/c1-2-18(24)21-16-19(25)20(28-21)15-14-17(23)12-10-8-6-4-3-5-7-9-11-13-22(26)27/h3-4,7-10,14-15,17-21,23-25H,2,5-6,11-13,16H2,1H3,(H,26,27)/b4-3-,9-7-,10-8-,15-14+/t17-,18-,19+,20+,21-/m1/s1. The fourth-order valence-corrected chi connectivity index (χ4v) is 2.82. The van der Waals surface area contributed by atoms with E-state index in [0.717, 1.165) is 12.8 Å². The Bertz CT molecular complexity index is 551. The number of ether oxygens (including phenoxy) is 1. The molecule has 158 valence electrons. The number of allylic oxidation sites excluding steroid dienone is 5. The van der Waals surface area contributed by atoms with Crippen LogP contribution in [0.15, 0.2) is 48.6 Å². The topological polar surface area (TPSA) is 107 Å². The van der Waals surface area contributed by atoms with Crippen molar-refractivity contribution in [3.05, 3.63) is 48.6 Å². The van der Waals surface area contributed by atoms with E-state index in [-0.39, 0.29) is 12.5 Å². The van der Waals surface area contributed by atoms with Gasteiger partial charge in [-0.1, -0.05) is 55.5 Å². The highest BCUT2D eigenvalue weighted by Crippen LogP contribution is 2.25. The molecule has 0 aliphatic carbocycles. The zero-order valence-corrected chi connectivity index (χ0v) is 16.6. The number of aliphatic carboxylic acids is 1. The van der Waals surface area contributed by atoms with E-state index < -0.39 is 30.4 Å². The lowest BCUT2D eigenvalue weighted by atomic mass is 10.1. The van der Waals surface area contributed by atoms with Gasteiger partial charge in [0.2, 0.25) is 0 Å². The summed E-state index contributed by atoms with van der Waals surface area (Å²) in [5.74, 6) is -0.784. The molecule has 1 fully saturated rings. The van der Waals surface area contributed by atoms with Gasteiger partial charge in [0.25, 0.3) is 0 Å². The van der Waals surface area contributed by atoms with Gasteiger partial charge in [-0.2, -0.15) is 0 Å². The highest BCUT2D eigenvalue weighted by atomic mass is 16.5. The molecule has 0 aromatic heterocycles. The number of aliphatic hydroxyl groups is 3. The predicted molar refractivity (Wildman–Crippen MR) is 109 cm³/mol. The second kappa shape index (κ2) is 14.3. The average molecular weight is 395 g/mol. The van der Waals surface area contributed by atoms with Crippen LogP contribution in [-0.2, 0) is 9.53 Å². The van der Waals surface area contributed by atoms with Crippen molar-refractivity contribution in [1.82, 2.24) is 0 Å². The van der Waals surface area contributed by atoms with Crippen LogP contribution in [0.2, 0.25) is 0 Å². The van der Waals surface area contributed by atoms with E-state index in [2.05, 4.69) is 0 Å². The summed E-state index contributed by atoms with van der Waals surface area (Å²) in [5.41, 5.74) is 0. The molecule has 6 heteroatoms. The number of carbonyl (C=O) groups is 1. The minimum absolute atomic E-state index is 0.160. The Morgan fingerprint density at radius 1 is 1.11 bits per heavy atom. The van der Waals surface area contributed by atoms with E-state index in [1.165, 1.54) is 0 Å². The molecule has 0 radical (unpaired) electrons. The van der Waals surface area contributed by atoms with Gasteiger partial charge in [-0.05, 0) is 32.1 Å². The highest BCUT2D eigenvalue weighted by molar-refractivity contribution is 5.66. The second-order valence-electron chi connectivity index (χ2n) is 6.92. The van der Waals surface area contributed by atoms with Gasteiger partial charge >= 0.3 is 5.97 Å². The molecule has 0 spiro atoms. The molecule has 0 unspecified atom stereocenters. The van der Waals surface area contributed by atoms with Crippen LogP contribution >= 0.6 is 0 Å². The van der Waals surface area contributed by atoms with E-state index >= 15 is 0 Å². The van der Waals surface area contributed by atoms with Gasteiger partial charge in [0, 0.05) is 12.8 Å². The third-order valence-corrected chi connectivity index (χ3v) is 4.50. The Labute approximate surface area is 167 Å². The van der Waals surface area contributed by atoms with Crippen molar-refractivity contribution < 1.29 is 30.0 Å². The maximum atomic E-state index is 10.3. The van der Waals surface area contributed by atoms with Crippen molar-refractivity contribution in [2.24, 2.45) is 0 Å². The van der Waals surface area contributed by atoms with Crippen LogP contribution in [-0.4, -0.2) is 56.9 Å². The highest BCUT2D eigenvalue weighted by Gasteiger charge is 2.35. The smallest absolute Gasteiger partial charge is 0.303 e. The van der Waals surface area contributed by atoms with Crippen LogP contribution in [0.25, 0.3) is 0 Å². The average Bonchev–Trinajstić information content (AvgIpc) is 3.04. The lowest BCUT2D eigenvalue weighted by Gasteiger charge is -2.16. The largest absolute Gasteiger partial charge is 0.481 e. The van der Waals surface area contributed by atoms with E-state index in [1.807, 2.05) is 43.4 Å². The lowest BCUT2D eigenvalue weighted by molar-refractivity contribution is -0.136. The molecule has 0 aromatic rings. The van der Waals surface area contributed by atoms with Gasteiger partial charge in [0.1, 0.15) is 6.10 Å². The van der Waals surface area contributed by atoms with Gasteiger partial charge in [-0.3, -0.25) is 4.79 Å². The summed E-state index contributed by atoms with van der Waals surface area (Å²) < 4.78 is 5.63. The number of hydrogen-bond acceptors (Lipinski definition) is 5. The van der Waals surface area contributed by atoms with E-state index in [0.29, 0.717) is 25.7 Å². The minimum Gasteiger partial charge on any atom is -0.481 e. The summed E-state index contributed by atoms with van der Waals surface area (Å²) in [6.45, 7) is 1.87. The molecule has 5 atom stereocenters. The third kappa shape index (κ3) is 10.6. The van der Waals surface area contributed by atoms with Crippen molar-refractivity contribution >= 4 is 5.97 Å². The number of hydrogen-bond donors (Lipinski definition) is 4. The molecule has 6 nitrogen and oxygen atoms in total. The Morgan fingerprint density at radius 2 is 1.75 bits per heavy atom. The van der Waals surface area contributed by atoms with Gasteiger partial charge in [0.15, 0.2) is 0 Å². The Morgan fingerprint density at radius 3 is 2.39 bits per heavy atom. The molecule has 1 aliphatic rings. The van der Waals surface area contributed by atoms with Crippen LogP contribution in [0.1, 0.15) is 51.9 Å². The first kappa shape index (κ1) is 24.3. The molecule has 28 heavy (non-hydrogen) atoms. The summed E-state index contributed by atoms with van der Waals surface area (Å²) in [6.07, 6.45) is 16.0. The summed E-state index contributed by atoms with van der Waals surface area (Å²) in [7, 11) is 0. The van der Waals surface area contributed by atoms with Gasteiger partial charge < -0.3 is 25.2 Å². The summed E-state index contributed by atoms with van der Waals surface area (Å²) in [4.78, 5) is 10.3. The molecular formula is C22H34O6. The monoisotopic (exact) mass is 394 g/mol. The van der Waals surface area contributed by atoms with Crippen molar-refractivity contribution in [3.8, 4) is 0 Å². The molecule has 1 saturated heterocycles. The number of carboxylic acid groups (broad SMARTS) is 1. The number of aliphatic hydroxyl groups excluding tert-OH is 3. The molecule has 0 amide bonds. The van der Waals surface area contributed by atoms with Crippen LogP contribution in [0.3, 0.4) is 0 Å². The first-order valence-electron chi connectivity index (χ1n) is 9.98.